The number of aromatic carboxylic acids is 1. The Kier molecular flexibility index (Phi) is 7.88. The molecule has 0 unspecified atom stereocenters. The smallest absolute Gasteiger partial charge is 0.336 e. The Balaban J connectivity index is 1.75. The van der Waals surface area contributed by atoms with Gasteiger partial charge in [-0.2, -0.15) is 0 Å². The van der Waals surface area contributed by atoms with E-state index in [9.17, 15) is 19.1 Å². The highest BCUT2D eigenvalue weighted by molar-refractivity contribution is 6.03. The van der Waals surface area contributed by atoms with Gasteiger partial charge < -0.3 is 20.6 Å². The number of carboxylic acids is 1. The highest BCUT2D eigenvalue weighted by Crippen LogP contribution is 2.37. The minimum atomic E-state index is -1.02. The number of amides is 2. The quantitative estimate of drug-likeness (QED) is 0.311. The number of hydrogen-bond acceptors (Lipinski definition) is 3. The van der Waals surface area contributed by atoms with E-state index >= 15 is 0 Å². The Morgan fingerprint density at radius 1 is 0.972 bits per heavy atom. The number of carbonyl (C=O) groups excluding carboxylic acids is 1. The fourth-order valence-electron chi connectivity index (χ4n) is 4.87. The first-order valence-corrected chi connectivity index (χ1v) is 12.4. The molecule has 0 aliphatic heterocycles. The van der Waals surface area contributed by atoms with Crippen molar-refractivity contribution in [3.8, 4) is 11.1 Å². The normalized spacial score (nSPS) is 13.6. The van der Waals surface area contributed by atoms with Crippen LogP contribution in [0.5, 0.6) is 0 Å². The first kappa shape index (κ1) is 25.2. The second-order valence-corrected chi connectivity index (χ2v) is 9.63. The summed E-state index contributed by atoms with van der Waals surface area (Å²) in [7, 11) is 0. The number of nitrogens with one attached hydrogen (secondary N) is 2. The highest BCUT2D eigenvalue weighted by atomic mass is 19.1. The number of hydrogen-bond donors (Lipinski definition) is 3. The number of carboxylic acid groups (broad SMARTS) is 1. The third-order valence-corrected chi connectivity index (χ3v) is 6.47. The topological polar surface area (TPSA) is 81.7 Å². The molecule has 0 aromatic heterocycles. The molecular weight excluding hydrogens is 457 g/mol. The molecule has 3 N–H and O–H groups in total. The minimum absolute atomic E-state index is 0.0822. The minimum Gasteiger partial charge on any atom is -0.478 e. The molecule has 1 fully saturated rings. The van der Waals surface area contributed by atoms with Crippen LogP contribution in [-0.2, 0) is 0 Å². The molecule has 4 rings (SSSR count). The molecule has 2 amide bonds. The number of carbonyl (C=O) groups is 2. The maximum absolute atomic E-state index is 14.1. The summed E-state index contributed by atoms with van der Waals surface area (Å²) >= 11 is 0. The summed E-state index contributed by atoms with van der Waals surface area (Å²) in [6, 6.07) is 18.2. The molecule has 3 aromatic rings. The number of anilines is 3. The molecular formula is C29H32FN3O3. The molecule has 3 aromatic carbocycles. The summed E-state index contributed by atoms with van der Waals surface area (Å²) < 4.78 is 14.1. The zero-order valence-electron chi connectivity index (χ0n) is 20.6. The Labute approximate surface area is 211 Å². The van der Waals surface area contributed by atoms with Gasteiger partial charge in [0, 0.05) is 12.6 Å². The van der Waals surface area contributed by atoms with Crippen LogP contribution in [0.1, 0.15) is 49.9 Å². The van der Waals surface area contributed by atoms with Crippen LogP contribution in [0.3, 0.4) is 0 Å². The second kappa shape index (κ2) is 11.2. The molecule has 0 atom stereocenters. The molecule has 0 heterocycles. The molecule has 0 radical (unpaired) electrons. The summed E-state index contributed by atoms with van der Waals surface area (Å²) in [4.78, 5) is 27.2. The molecule has 0 saturated heterocycles. The van der Waals surface area contributed by atoms with E-state index in [-0.39, 0.29) is 11.3 Å². The maximum Gasteiger partial charge on any atom is 0.336 e. The summed E-state index contributed by atoms with van der Waals surface area (Å²) in [5, 5.41) is 15.2. The van der Waals surface area contributed by atoms with Crippen LogP contribution < -0.4 is 15.5 Å². The number of rotatable bonds is 8. The maximum atomic E-state index is 14.1. The zero-order chi connectivity index (χ0) is 25.7. The van der Waals surface area contributed by atoms with Crippen molar-refractivity contribution < 1.29 is 19.1 Å². The molecule has 0 bridgehead atoms. The van der Waals surface area contributed by atoms with Crippen LogP contribution >= 0.6 is 0 Å². The van der Waals surface area contributed by atoms with Crippen molar-refractivity contribution in [2.45, 2.75) is 45.6 Å². The van der Waals surface area contributed by atoms with Gasteiger partial charge in [-0.1, -0.05) is 63.1 Å². The second-order valence-electron chi connectivity index (χ2n) is 9.63. The average molecular weight is 490 g/mol. The number of para-hydroxylation sites is 1. The van der Waals surface area contributed by atoms with E-state index in [2.05, 4.69) is 29.4 Å². The van der Waals surface area contributed by atoms with Gasteiger partial charge in [0.25, 0.3) is 0 Å². The van der Waals surface area contributed by atoms with Gasteiger partial charge in [-0.15, -0.1) is 0 Å². The third-order valence-electron chi connectivity index (χ3n) is 6.47. The Morgan fingerprint density at radius 2 is 1.64 bits per heavy atom. The lowest BCUT2D eigenvalue weighted by Crippen LogP contribution is -2.37. The molecule has 1 aliphatic carbocycles. The summed E-state index contributed by atoms with van der Waals surface area (Å²) in [5.41, 5.74) is 2.92. The van der Waals surface area contributed by atoms with Crippen molar-refractivity contribution in [2.24, 2.45) is 5.92 Å². The number of urea groups is 1. The fourth-order valence-corrected chi connectivity index (χ4v) is 4.87. The first-order valence-electron chi connectivity index (χ1n) is 12.4. The van der Waals surface area contributed by atoms with Crippen LogP contribution in [0.4, 0.5) is 26.2 Å². The monoisotopic (exact) mass is 489 g/mol. The predicted octanol–water partition coefficient (Wildman–Crippen LogP) is 7.24. The first-order chi connectivity index (χ1) is 17.3. The zero-order valence-corrected chi connectivity index (χ0v) is 20.6. The highest BCUT2D eigenvalue weighted by Gasteiger charge is 2.26. The van der Waals surface area contributed by atoms with Crippen LogP contribution in [0, 0.1) is 11.7 Å². The molecule has 0 spiro atoms. The van der Waals surface area contributed by atoms with E-state index in [0.29, 0.717) is 28.8 Å². The van der Waals surface area contributed by atoms with Crippen LogP contribution in [0.2, 0.25) is 0 Å². The lowest BCUT2D eigenvalue weighted by Gasteiger charge is -2.34. The van der Waals surface area contributed by atoms with Gasteiger partial charge in [0.1, 0.15) is 5.82 Å². The lowest BCUT2D eigenvalue weighted by atomic mass is 9.98. The summed E-state index contributed by atoms with van der Waals surface area (Å²) in [6.07, 6.45) is 4.49. The predicted molar refractivity (Wildman–Crippen MR) is 142 cm³/mol. The van der Waals surface area contributed by atoms with Crippen molar-refractivity contribution in [3.63, 3.8) is 0 Å². The summed E-state index contributed by atoms with van der Waals surface area (Å²) in [5.74, 6) is -1.14. The van der Waals surface area contributed by atoms with Crippen molar-refractivity contribution in [1.82, 2.24) is 0 Å². The van der Waals surface area contributed by atoms with E-state index < -0.39 is 17.8 Å². The Hall–Kier alpha value is -3.87. The van der Waals surface area contributed by atoms with E-state index in [1.54, 1.807) is 42.5 Å². The van der Waals surface area contributed by atoms with Crippen LogP contribution in [-0.4, -0.2) is 29.7 Å². The third kappa shape index (κ3) is 5.85. The van der Waals surface area contributed by atoms with Gasteiger partial charge in [0.15, 0.2) is 0 Å². The van der Waals surface area contributed by atoms with Crippen molar-refractivity contribution >= 4 is 29.1 Å². The van der Waals surface area contributed by atoms with Crippen LogP contribution in [0.15, 0.2) is 66.7 Å². The molecule has 188 valence electrons. The van der Waals surface area contributed by atoms with Gasteiger partial charge in [0.2, 0.25) is 0 Å². The van der Waals surface area contributed by atoms with Crippen molar-refractivity contribution in [2.75, 3.05) is 22.1 Å². The number of halogens is 1. The molecule has 7 heteroatoms. The van der Waals surface area contributed by atoms with Gasteiger partial charge in [-0.3, -0.25) is 0 Å². The molecule has 6 nitrogen and oxygen atoms in total. The average Bonchev–Trinajstić information content (AvgIpc) is 3.39. The number of nitrogens with zero attached hydrogens (tertiary/aromatic N) is 1. The van der Waals surface area contributed by atoms with Gasteiger partial charge >= 0.3 is 12.0 Å². The largest absolute Gasteiger partial charge is 0.478 e. The standard InChI is InChI=1S/C29H32FN3O3/c1-19(2)18-33(21-9-3-4-10-21)27-16-15-20(22-11-5-6-12-23(22)28(34)35)17-26(27)32-29(36)31-25-14-8-7-13-24(25)30/h5-8,11-17,19,21H,3-4,9-10,18H2,1-2H3,(H,34,35)(H2,31,32,36). The SMILES string of the molecule is CC(C)CN(c1ccc(-c2ccccc2C(=O)O)cc1NC(=O)Nc1ccccc1F)C1CCCC1. The van der Waals surface area contributed by atoms with E-state index in [1.807, 2.05) is 12.1 Å². The van der Waals surface area contributed by atoms with Crippen molar-refractivity contribution in [3.05, 3.63) is 78.1 Å². The van der Waals surface area contributed by atoms with E-state index in [4.69, 9.17) is 0 Å². The van der Waals surface area contributed by atoms with Gasteiger partial charge in [-0.25, -0.2) is 14.0 Å². The Morgan fingerprint density at radius 3 is 2.33 bits per heavy atom. The molecule has 36 heavy (non-hydrogen) atoms. The van der Waals surface area contributed by atoms with E-state index in [0.717, 1.165) is 25.1 Å². The fraction of sp³-hybridized carbons (Fsp3) is 0.310. The number of benzene rings is 3. The van der Waals surface area contributed by atoms with Crippen LogP contribution in [0.25, 0.3) is 11.1 Å². The molecule has 1 aliphatic rings. The van der Waals surface area contributed by atoms with E-state index in [1.165, 1.54) is 25.0 Å². The van der Waals surface area contributed by atoms with Gasteiger partial charge in [-0.05, 0) is 60.2 Å². The lowest BCUT2D eigenvalue weighted by molar-refractivity contribution is 0.0697. The molecule has 1 saturated carbocycles. The summed E-state index contributed by atoms with van der Waals surface area (Å²) in [6.45, 7) is 5.15. The Bertz CT molecular complexity index is 1240. The van der Waals surface area contributed by atoms with Crippen molar-refractivity contribution in [1.29, 1.82) is 0 Å². The van der Waals surface area contributed by atoms with Gasteiger partial charge in [0.05, 0.1) is 22.6 Å².